The molecule has 1 amide bonds. The number of nitrogens with one attached hydrogen (secondary N) is 2. The second-order valence-electron chi connectivity index (χ2n) is 5.87. The number of amides is 1. The molecule has 0 bridgehead atoms. The number of aryl methyl sites for hydroxylation is 2. The van der Waals surface area contributed by atoms with Gasteiger partial charge in [-0.05, 0) is 55.3 Å². The van der Waals surface area contributed by atoms with Crippen molar-refractivity contribution in [1.29, 1.82) is 0 Å². The maximum atomic E-state index is 12.2. The molecule has 0 unspecified atom stereocenters. The van der Waals surface area contributed by atoms with Crippen LogP contribution in [-0.4, -0.2) is 27.4 Å². The van der Waals surface area contributed by atoms with Gasteiger partial charge in [-0.15, -0.1) is 0 Å². The summed E-state index contributed by atoms with van der Waals surface area (Å²) in [7, 11) is 0. The van der Waals surface area contributed by atoms with E-state index in [2.05, 4.69) is 36.7 Å². The lowest BCUT2D eigenvalue weighted by atomic mass is 10.0. The summed E-state index contributed by atoms with van der Waals surface area (Å²) in [5, 5.41) is 20.5. The molecule has 3 N–H and O–H groups in total. The van der Waals surface area contributed by atoms with Gasteiger partial charge in [-0.1, -0.05) is 28.1 Å². The molecule has 0 radical (unpaired) electrons. The van der Waals surface area contributed by atoms with Crippen LogP contribution in [0.2, 0.25) is 0 Å². The Morgan fingerprint density at radius 1 is 1.19 bits per heavy atom. The van der Waals surface area contributed by atoms with Crippen LogP contribution < -0.4 is 5.43 Å². The molecule has 2 aromatic carbocycles. The van der Waals surface area contributed by atoms with Crippen LogP contribution in [0.4, 0.5) is 0 Å². The summed E-state index contributed by atoms with van der Waals surface area (Å²) in [6, 6.07) is 12.6. The fraction of sp³-hybridized carbons (Fsp3) is 0.105. The average molecular weight is 413 g/mol. The Kier molecular flexibility index (Phi) is 5.18. The average Bonchev–Trinajstić information content (AvgIpc) is 3.10. The number of benzene rings is 2. The van der Waals surface area contributed by atoms with Gasteiger partial charge in [0.15, 0.2) is 0 Å². The number of phenolic OH excluding ortho intramolecular Hbond substituents is 1. The molecule has 1 aromatic heterocycles. The van der Waals surface area contributed by atoms with Crippen LogP contribution >= 0.6 is 15.9 Å². The highest BCUT2D eigenvalue weighted by Crippen LogP contribution is 2.21. The van der Waals surface area contributed by atoms with Crippen molar-refractivity contribution in [3.8, 4) is 17.0 Å². The van der Waals surface area contributed by atoms with Crippen molar-refractivity contribution in [2.45, 2.75) is 13.8 Å². The number of aromatic amines is 1. The Morgan fingerprint density at radius 2 is 2.00 bits per heavy atom. The normalized spacial score (nSPS) is 11.0. The maximum Gasteiger partial charge on any atom is 0.289 e. The minimum atomic E-state index is -0.418. The molecule has 3 rings (SSSR count). The zero-order chi connectivity index (χ0) is 18.7. The molecule has 0 fully saturated rings. The summed E-state index contributed by atoms with van der Waals surface area (Å²) in [5.74, 6) is -0.344. The third kappa shape index (κ3) is 4.00. The first kappa shape index (κ1) is 17.9. The predicted molar refractivity (Wildman–Crippen MR) is 104 cm³/mol. The second kappa shape index (κ2) is 7.53. The van der Waals surface area contributed by atoms with E-state index in [4.69, 9.17) is 0 Å². The van der Waals surface area contributed by atoms with Crippen molar-refractivity contribution in [2.24, 2.45) is 5.10 Å². The van der Waals surface area contributed by atoms with E-state index in [1.807, 2.05) is 32.0 Å². The smallest absolute Gasteiger partial charge is 0.289 e. The summed E-state index contributed by atoms with van der Waals surface area (Å²) in [6.07, 6.45) is 1.37. The Labute approximate surface area is 159 Å². The van der Waals surface area contributed by atoms with Crippen molar-refractivity contribution in [2.75, 3.05) is 0 Å². The monoisotopic (exact) mass is 412 g/mol. The molecular weight excluding hydrogens is 396 g/mol. The van der Waals surface area contributed by atoms with Crippen molar-refractivity contribution >= 4 is 28.1 Å². The minimum Gasteiger partial charge on any atom is -0.507 e. The number of hydrogen-bond acceptors (Lipinski definition) is 4. The molecule has 3 aromatic rings. The quantitative estimate of drug-likeness (QED) is 0.447. The number of halogens is 1. The molecule has 26 heavy (non-hydrogen) atoms. The van der Waals surface area contributed by atoms with Gasteiger partial charge in [0.2, 0.25) is 0 Å². The SMILES string of the molecule is Cc1ccc(-c2cc(C(=O)N/N=C/c3cc(Br)ccc3O)[nH]n2)cc1C. The van der Waals surface area contributed by atoms with Crippen molar-refractivity contribution < 1.29 is 9.90 Å². The van der Waals surface area contributed by atoms with Crippen LogP contribution in [0.1, 0.15) is 27.2 Å². The van der Waals surface area contributed by atoms with Gasteiger partial charge < -0.3 is 5.11 Å². The number of hydrogen-bond donors (Lipinski definition) is 3. The number of carbonyl (C=O) groups excluding carboxylic acids is 1. The first-order valence-electron chi connectivity index (χ1n) is 7.89. The van der Waals surface area contributed by atoms with Crippen molar-refractivity contribution in [3.63, 3.8) is 0 Å². The summed E-state index contributed by atoms with van der Waals surface area (Å²) in [6.45, 7) is 4.08. The van der Waals surface area contributed by atoms with Crippen molar-refractivity contribution in [1.82, 2.24) is 15.6 Å². The van der Waals surface area contributed by atoms with E-state index in [1.165, 1.54) is 17.8 Å². The fourth-order valence-electron chi connectivity index (χ4n) is 2.34. The summed E-state index contributed by atoms with van der Waals surface area (Å²) >= 11 is 3.31. The molecule has 1 heterocycles. The Balaban J connectivity index is 1.71. The van der Waals surface area contributed by atoms with E-state index >= 15 is 0 Å². The summed E-state index contributed by atoms with van der Waals surface area (Å²) in [5.41, 5.74) is 7.18. The van der Waals surface area contributed by atoms with Gasteiger partial charge in [-0.3, -0.25) is 9.89 Å². The number of rotatable bonds is 4. The summed E-state index contributed by atoms with van der Waals surface area (Å²) in [4.78, 5) is 12.2. The van der Waals surface area contributed by atoms with Crippen LogP contribution in [0, 0.1) is 13.8 Å². The molecule has 0 aliphatic carbocycles. The first-order chi connectivity index (χ1) is 12.4. The molecule has 6 nitrogen and oxygen atoms in total. The van der Waals surface area contributed by atoms with E-state index in [1.54, 1.807) is 18.2 Å². The lowest BCUT2D eigenvalue weighted by Crippen LogP contribution is -2.18. The Morgan fingerprint density at radius 3 is 2.77 bits per heavy atom. The van der Waals surface area contributed by atoms with Crippen LogP contribution in [0.5, 0.6) is 5.75 Å². The standard InChI is InChI=1S/C19H17BrN4O2/c1-11-3-4-13(7-12(11)2)16-9-17(23-22-16)19(26)24-21-10-14-8-15(20)5-6-18(14)25/h3-10,25H,1-2H3,(H,22,23)(H,24,26)/b21-10+. The predicted octanol–water partition coefficient (Wildman–Crippen LogP) is 3.93. The highest BCUT2D eigenvalue weighted by Gasteiger charge is 2.11. The number of nitrogens with zero attached hydrogens (tertiary/aromatic N) is 2. The van der Waals surface area contributed by atoms with Gasteiger partial charge in [-0.25, -0.2) is 5.43 Å². The van der Waals surface area contributed by atoms with E-state index in [9.17, 15) is 9.90 Å². The van der Waals surface area contributed by atoms with E-state index < -0.39 is 5.91 Å². The van der Waals surface area contributed by atoms with Gasteiger partial charge >= 0.3 is 0 Å². The largest absolute Gasteiger partial charge is 0.507 e. The van der Waals surface area contributed by atoms with Gasteiger partial charge in [0.1, 0.15) is 11.4 Å². The fourth-order valence-corrected chi connectivity index (χ4v) is 2.71. The summed E-state index contributed by atoms with van der Waals surface area (Å²) < 4.78 is 0.801. The third-order valence-corrected chi connectivity index (χ3v) is 4.48. The molecule has 0 aliphatic rings. The van der Waals surface area contributed by atoms with Crippen LogP contribution in [0.25, 0.3) is 11.3 Å². The van der Waals surface area contributed by atoms with Gasteiger partial charge in [0.05, 0.1) is 11.9 Å². The molecular formula is C19H17BrN4O2. The minimum absolute atomic E-state index is 0.0739. The number of aromatic nitrogens is 2. The molecule has 0 spiro atoms. The molecule has 0 saturated heterocycles. The molecule has 7 heteroatoms. The number of phenols is 1. The molecule has 0 atom stereocenters. The zero-order valence-electron chi connectivity index (χ0n) is 14.2. The van der Waals surface area contributed by atoms with Gasteiger partial charge in [0.25, 0.3) is 5.91 Å². The Hall–Kier alpha value is -2.93. The molecule has 0 saturated carbocycles. The zero-order valence-corrected chi connectivity index (χ0v) is 15.8. The first-order valence-corrected chi connectivity index (χ1v) is 8.68. The lowest BCUT2D eigenvalue weighted by molar-refractivity contribution is 0.0950. The third-order valence-electron chi connectivity index (χ3n) is 3.98. The highest BCUT2D eigenvalue weighted by atomic mass is 79.9. The van der Waals surface area contributed by atoms with Gasteiger partial charge in [0, 0.05) is 15.6 Å². The van der Waals surface area contributed by atoms with Gasteiger partial charge in [-0.2, -0.15) is 10.2 Å². The topological polar surface area (TPSA) is 90.4 Å². The highest BCUT2D eigenvalue weighted by molar-refractivity contribution is 9.10. The van der Waals surface area contributed by atoms with E-state index in [0.717, 1.165) is 15.6 Å². The molecule has 0 aliphatic heterocycles. The van der Waals surface area contributed by atoms with Crippen molar-refractivity contribution in [3.05, 3.63) is 69.3 Å². The van der Waals surface area contributed by atoms with E-state index in [-0.39, 0.29) is 5.75 Å². The maximum absolute atomic E-state index is 12.2. The lowest BCUT2D eigenvalue weighted by Gasteiger charge is -2.01. The number of aromatic hydroxyl groups is 1. The van der Waals surface area contributed by atoms with Crippen LogP contribution in [-0.2, 0) is 0 Å². The molecule has 132 valence electrons. The number of hydrazone groups is 1. The van der Waals surface area contributed by atoms with Crippen LogP contribution in [0.15, 0.2) is 52.0 Å². The number of carbonyl (C=O) groups is 1. The van der Waals surface area contributed by atoms with E-state index in [0.29, 0.717) is 17.0 Å². The number of H-pyrrole nitrogens is 1. The Bertz CT molecular complexity index is 995. The van der Waals surface area contributed by atoms with Crippen LogP contribution in [0.3, 0.4) is 0 Å². The second-order valence-corrected chi connectivity index (χ2v) is 6.78.